The van der Waals surface area contributed by atoms with Crippen molar-refractivity contribution in [1.29, 1.82) is 0 Å². The minimum absolute atomic E-state index is 0. The van der Waals surface area contributed by atoms with Crippen LogP contribution in [0.5, 0.6) is 0 Å². The van der Waals surface area contributed by atoms with Crippen LogP contribution in [0.3, 0.4) is 0 Å². The third-order valence-corrected chi connectivity index (χ3v) is 4.68. The molecule has 31 heavy (non-hydrogen) atoms. The quantitative estimate of drug-likeness (QED) is 0.0943. The molecule has 0 aliphatic carbocycles. The average molecular weight is 651 g/mol. The van der Waals surface area contributed by atoms with Gasteiger partial charge in [0.25, 0.3) is 0 Å². The van der Waals surface area contributed by atoms with E-state index in [9.17, 15) is 9.59 Å². The van der Waals surface area contributed by atoms with Gasteiger partial charge in [-0.3, -0.25) is 9.59 Å². The number of aryl methyl sites for hydroxylation is 1. The summed E-state index contributed by atoms with van der Waals surface area (Å²) in [5.41, 5.74) is 3.27. The molecule has 0 saturated heterocycles. The second kappa shape index (κ2) is 10.9. The van der Waals surface area contributed by atoms with E-state index in [1.54, 1.807) is 13.0 Å². The number of hydrogen-bond acceptors (Lipinski definition) is 3. The number of rotatable bonds is 6. The molecule has 4 heteroatoms. The van der Waals surface area contributed by atoms with Gasteiger partial charge in [0, 0.05) is 5.56 Å². The first-order valence-electron chi connectivity index (χ1n) is 10.0. The van der Waals surface area contributed by atoms with Crippen molar-refractivity contribution in [3.63, 3.8) is 0 Å². The molecule has 2 aromatic carbocycles. The minimum atomic E-state index is -0.614. The van der Waals surface area contributed by atoms with Crippen LogP contribution in [-0.4, -0.2) is 12.1 Å². The summed E-state index contributed by atoms with van der Waals surface area (Å²) < 4.78 is 6.04. The van der Waals surface area contributed by atoms with Gasteiger partial charge in [-0.25, -0.2) is 0 Å². The molecule has 0 aliphatic heterocycles. The number of Topliss-reactive ketones (excluding diaryl/α,β-unsaturated/α-hetero) is 1. The summed E-state index contributed by atoms with van der Waals surface area (Å²) >= 11 is 0. The number of ketones is 1. The monoisotopic (exact) mass is 648 g/mol. The van der Waals surface area contributed by atoms with Crippen molar-refractivity contribution in [3.8, 4) is 11.3 Å². The molecule has 0 amide bonds. The van der Waals surface area contributed by atoms with Gasteiger partial charge in [-0.05, 0) is 41.8 Å². The van der Waals surface area contributed by atoms with Crippen molar-refractivity contribution >= 4 is 28.4 Å². The molecule has 1 heterocycles. The molecule has 3 nitrogen and oxygen atoms in total. The van der Waals surface area contributed by atoms with Crippen molar-refractivity contribution in [2.45, 2.75) is 34.6 Å². The summed E-state index contributed by atoms with van der Waals surface area (Å²) in [5.74, 6) is 0.212. The number of aldehydes is 1. The van der Waals surface area contributed by atoms with Crippen LogP contribution in [0.15, 0.2) is 65.6 Å². The van der Waals surface area contributed by atoms with Crippen LogP contribution in [0.25, 0.3) is 27.7 Å². The predicted molar refractivity (Wildman–Crippen MR) is 125 cm³/mol. The van der Waals surface area contributed by atoms with E-state index in [0.717, 1.165) is 16.3 Å². The summed E-state index contributed by atoms with van der Waals surface area (Å²) in [5, 5.41) is 2.17. The second-order valence-corrected chi connectivity index (χ2v) is 6.57. The number of furan rings is 1. The largest absolute Gasteiger partial charge is 0.499 e. The number of hydrogen-bond donors (Lipinski definition) is 0. The van der Waals surface area contributed by atoms with E-state index in [2.05, 4.69) is 25.6 Å². The third kappa shape index (κ3) is 4.94. The van der Waals surface area contributed by atoms with Gasteiger partial charge in [0.05, 0.1) is 11.3 Å². The van der Waals surface area contributed by atoms with Gasteiger partial charge in [-0.1, -0.05) is 51.1 Å². The maximum atomic E-state index is 12.3. The summed E-state index contributed by atoms with van der Waals surface area (Å²) in [6.07, 6.45) is 8.77. The fourth-order valence-corrected chi connectivity index (χ4v) is 3.26. The molecular weight excluding hydrogens is 623 g/mol. The Labute approximate surface area is 178 Å². The number of carbonyl (C=O) groups is 2. The van der Waals surface area contributed by atoms with E-state index in [1.807, 2.05) is 63.3 Å². The van der Waals surface area contributed by atoms with Crippen molar-refractivity contribution < 1.29 is 14.0 Å². The molecule has 0 aliphatic rings. The van der Waals surface area contributed by atoms with Gasteiger partial charge in [-0.15, -0.1) is 29.9 Å². The molecule has 0 fully saturated rings. The van der Waals surface area contributed by atoms with Crippen LogP contribution in [-0.2, 0) is 4.79 Å². The van der Waals surface area contributed by atoms with Crippen molar-refractivity contribution in [1.82, 2.24) is 0 Å². The van der Waals surface area contributed by atoms with Crippen molar-refractivity contribution in [2.75, 3.05) is 0 Å². The number of benzene rings is 2. The fourth-order valence-electron chi connectivity index (χ4n) is 3.26. The Bertz CT molecular complexity index is 1150. The molecule has 3 rings (SSSR count). The number of carbonyl (C=O) groups excluding carboxylic acids is 2. The zero-order chi connectivity index (χ0) is 22.3. The normalized spacial score (nSPS) is 10.6. The second-order valence-electron chi connectivity index (χ2n) is 6.57. The molecule has 0 atom stereocenters. The van der Waals surface area contributed by atoms with Crippen molar-refractivity contribution in [2.24, 2.45) is 0 Å². The van der Waals surface area contributed by atoms with E-state index >= 15 is 0 Å². The van der Waals surface area contributed by atoms with Gasteiger partial charge in [-0.2, -0.15) is 6.58 Å². The Balaban J connectivity index is 0.00000156. The van der Waals surface area contributed by atoms with Gasteiger partial charge in [0.15, 0.2) is 6.29 Å². The zero-order valence-electron chi connectivity index (χ0n) is 18.5. The van der Waals surface area contributed by atoms with Crippen LogP contribution in [0.2, 0.25) is 0 Å². The first-order valence-corrected chi connectivity index (χ1v) is 10.0. The van der Waals surface area contributed by atoms with Crippen LogP contribution in [0, 0.1) is 19.9 Å². The zero-order valence-corrected chi connectivity index (χ0v) is 21.2. The smallest absolute Gasteiger partial charge is 0.228 e. The molecule has 0 N–H and O–H groups in total. The molecule has 0 unspecified atom stereocenters. The summed E-state index contributed by atoms with van der Waals surface area (Å²) in [6.45, 7) is 13.7. The van der Waals surface area contributed by atoms with Crippen molar-refractivity contribution in [3.05, 3.63) is 89.7 Å². The van der Waals surface area contributed by atoms with E-state index in [-0.39, 0.29) is 5.56 Å². The first kappa shape index (κ1) is 24.6. The Morgan fingerprint density at radius 1 is 1.13 bits per heavy atom. The summed E-state index contributed by atoms with van der Waals surface area (Å²) in [6, 6.07) is 11.9. The molecular formula is C27H27CfO3-. The number of fused-ring (bicyclic) bond motifs is 1. The third-order valence-electron chi connectivity index (χ3n) is 4.68. The SMILES string of the molecule is C=C([C-]=C/C=C\C)c1oc(-c2ccc3c(C)cccc3c2)c(C(=O)C=O)c1C.CC.[Cf]. The van der Waals surface area contributed by atoms with Crippen LogP contribution >= 0.6 is 0 Å². The van der Waals surface area contributed by atoms with E-state index in [4.69, 9.17) is 4.42 Å². The minimum Gasteiger partial charge on any atom is -0.499 e. The molecule has 3 aromatic rings. The average Bonchev–Trinajstić information content (AvgIpc) is 3.12. The molecule has 0 spiro atoms. The van der Waals surface area contributed by atoms with Crippen LogP contribution in [0.4, 0.5) is 0 Å². The van der Waals surface area contributed by atoms with Crippen LogP contribution < -0.4 is 0 Å². The topological polar surface area (TPSA) is 47.3 Å². The van der Waals surface area contributed by atoms with E-state index in [1.165, 1.54) is 5.56 Å². The van der Waals surface area contributed by atoms with E-state index < -0.39 is 5.78 Å². The maximum Gasteiger partial charge on any atom is 0.228 e. The summed E-state index contributed by atoms with van der Waals surface area (Å²) in [4.78, 5) is 23.6. The molecule has 0 radical (unpaired) electrons. The fraction of sp³-hybridized carbons (Fsp3) is 0.185. The Hall–Kier alpha value is -4.46. The van der Waals surface area contributed by atoms with Gasteiger partial charge in [0.1, 0.15) is 5.76 Å². The standard InChI is InChI=1S/C25H21O3.C2H6.Cf/c1-5-6-7-9-17(3)24-18(4)23(22(27)15-26)25(28-24)20-12-13-21-16(2)10-8-11-19(21)14-20;1-2;/h5-8,10-15H,3H2,1-2,4H3;1-2H3;/q-1;;/b6-5-;;. The molecule has 0 bridgehead atoms. The van der Waals surface area contributed by atoms with Gasteiger partial charge < -0.3 is 4.42 Å². The molecule has 164 valence electrons. The maximum absolute atomic E-state index is 12.3. The Morgan fingerprint density at radius 2 is 1.84 bits per heavy atom. The number of allylic oxidation sites excluding steroid dienone is 5. The Morgan fingerprint density at radius 3 is 2.48 bits per heavy atom. The Kier molecular flexibility index (Phi) is 8.65. The molecule has 1 aromatic heterocycles. The summed E-state index contributed by atoms with van der Waals surface area (Å²) in [7, 11) is 0. The molecule has 0 saturated carbocycles. The van der Waals surface area contributed by atoms with Crippen LogP contribution in [0.1, 0.15) is 48.0 Å². The first-order chi connectivity index (χ1) is 14.5. The predicted octanol–water partition coefficient (Wildman–Crippen LogP) is 7.07. The van der Waals surface area contributed by atoms with Gasteiger partial charge >= 0.3 is 0 Å². The van der Waals surface area contributed by atoms with Gasteiger partial charge in [0.2, 0.25) is 5.78 Å². The van der Waals surface area contributed by atoms with E-state index in [0.29, 0.717) is 28.9 Å².